The fourth-order valence-corrected chi connectivity index (χ4v) is 2.13. The van der Waals surface area contributed by atoms with Crippen molar-refractivity contribution in [2.45, 2.75) is 37.9 Å². The first-order valence-electron chi connectivity index (χ1n) is 5.34. The smallest absolute Gasteiger partial charge is 0.163 e. The summed E-state index contributed by atoms with van der Waals surface area (Å²) in [4.78, 5) is 0. The molecule has 15 heavy (non-hydrogen) atoms. The molecule has 0 saturated carbocycles. The Balaban J connectivity index is 2.12. The molecule has 5 atom stereocenters. The van der Waals surface area contributed by atoms with Crippen molar-refractivity contribution >= 4 is 0 Å². The summed E-state index contributed by atoms with van der Waals surface area (Å²) in [6.07, 6.45) is -2.19. The molecule has 88 valence electrons. The number of ether oxygens (including phenoxy) is 3. The van der Waals surface area contributed by atoms with E-state index in [1.54, 1.807) is 6.92 Å². The summed E-state index contributed by atoms with van der Waals surface area (Å²) in [6, 6.07) is 0. The molecule has 2 fully saturated rings. The fourth-order valence-electron chi connectivity index (χ4n) is 2.13. The van der Waals surface area contributed by atoms with Gasteiger partial charge in [0.25, 0.3) is 0 Å². The van der Waals surface area contributed by atoms with Crippen LogP contribution in [-0.2, 0) is 14.2 Å². The molecule has 0 aromatic rings. The average molecular weight is 218 g/mol. The van der Waals surface area contributed by atoms with Crippen LogP contribution in [0.25, 0.3) is 0 Å². The monoisotopic (exact) mass is 218 g/mol. The Hall–Kier alpha value is -0.200. The van der Waals surface area contributed by atoms with Crippen LogP contribution < -0.4 is 0 Å². The summed E-state index contributed by atoms with van der Waals surface area (Å²) in [5.74, 6) is -0.211. The SMILES string of the molecule is CCOC[C@@]12CO[C@@H](O1)[C@H](C)[C@@H](O)[C@H]2O. The normalized spacial score (nSPS) is 49.6. The highest BCUT2D eigenvalue weighted by Crippen LogP contribution is 2.39. The van der Waals surface area contributed by atoms with Gasteiger partial charge in [0.2, 0.25) is 0 Å². The molecule has 0 spiro atoms. The van der Waals surface area contributed by atoms with E-state index >= 15 is 0 Å². The van der Waals surface area contributed by atoms with E-state index in [1.807, 2.05) is 6.92 Å². The lowest BCUT2D eigenvalue weighted by molar-refractivity contribution is -0.248. The maximum atomic E-state index is 9.98. The van der Waals surface area contributed by atoms with E-state index in [2.05, 4.69) is 0 Å². The van der Waals surface area contributed by atoms with E-state index in [-0.39, 0.29) is 19.1 Å². The van der Waals surface area contributed by atoms with Crippen molar-refractivity contribution < 1.29 is 24.4 Å². The van der Waals surface area contributed by atoms with Gasteiger partial charge in [-0.3, -0.25) is 0 Å². The number of aliphatic hydroxyl groups is 2. The highest BCUT2D eigenvalue weighted by Gasteiger charge is 2.57. The molecule has 2 heterocycles. The van der Waals surface area contributed by atoms with Crippen molar-refractivity contribution in [1.29, 1.82) is 0 Å². The molecular weight excluding hydrogens is 200 g/mol. The number of aliphatic hydroxyl groups excluding tert-OH is 2. The summed E-state index contributed by atoms with van der Waals surface area (Å²) >= 11 is 0. The van der Waals surface area contributed by atoms with Gasteiger partial charge in [-0.2, -0.15) is 0 Å². The minimum absolute atomic E-state index is 0.211. The number of hydrogen-bond acceptors (Lipinski definition) is 5. The van der Waals surface area contributed by atoms with E-state index < -0.39 is 24.1 Å². The van der Waals surface area contributed by atoms with Crippen molar-refractivity contribution in [3.63, 3.8) is 0 Å². The van der Waals surface area contributed by atoms with Gasteiger partial charge < -0.3 is 24.4 Å². The Morgan fingerprint density at radius 2 is 2.20 bits per heavy atom. The van der Waals surface area contributed by atoms with Gasteiger partial charge in [0.1, 0.15) is 11.7 Å². The maximum absolute atomic E-state index is 9.98. The number of fused-ring (bicyclic) bond motifs is 2. The first kappa shape index (κ1) is 11.3. The van der Waals surface area contributed by atoms with Gasteiger partial charge in [-0.1, -0.05) is 6.92 Å². The van der Waals surface area contributed by atoms with Crippen LogP contribution in [0, 0.1) is 5.92 Å². The minimum atomic E-state index is -0.946. The van der Waals surface area contributed by atoms with Gasteiger partial charge in [0.15, 0.2) is 6.29 Å². The summed E-state index contributed by atoms with van der Waals surface area (Å²) in [7, 11) is 0. The third kappa shape index (κ3) is 1.68. The first-order chi connectivity index (χ1) is 7.10. The average Bonchev–Trinajstić information content (AvgIpc) is 2.65. The van der Waals surface area contributed by atoms with Gasteiger partial charge in [-0.05, 0) is 6.92 Å². The Labute approximate surface area is 88.9 Å². The Bertz CT molecular complexity index is 234. The maximum Gasteiger partial charge on any atom is 0.163 e. The van der Waals surface area contributed by atoms with Crippen LogP contribution in [0.5, 0.6) is 0 Å². The first-order valence-corrected chi connectivity index (χ1v) is 5.34. The van der Waals surface area contributed by atoms with Crippen molar-refractivity contribution in [1.82, 2.24) is 0 Å². The predicted molar refractivity (Wildman–Crippen MR) is 51.2 cm³/mol. The molecule has 2 aliphatic rings. The molecule has 2 bridgehead atoms. The second kappa shape index (κ2) is 3.99. The van der Waals surface area contributed by atoms with Crippen LogP contribution in [0.15, 0.2) is 0 Å². The van der Waals surface area contributed by atoms with Crippen molar-refractivity contribution in [2.75, 3.05) is 19.8 Å². The lowest BCUT2D eigenvalue weighted by atomic mass is 9.86. The molecule has 0 radical (unpaired) electrons. The van der Waals surface area contributed by atoms with E-state index in [0.717, 1.165) is 0 Å². The summed E-state index contributed by atoms with van der Waals surface area (Å²) in [5, 5.41) is 19.8. The topological polar surface area (TPSA) is 68.2 Å². The molecule has 0 unspecified atom stereocenters. The van der Waals surface area contributed by atoms with Gasteiger partial charge >= 0.3 is 0 Å². The third-order valence-electron chi connectivity index (χ3n) is 3.22. The van der Waals surface area contributed by atoms with Crippen molar-refractivity contribution in [3.8, 4) is 0 Å². The van der Waals surface area contributed by atoms with Gasteiger partial charge in [0.05, 0.1) is 19.3 Å². The molecule has 5 nitrogen and oxygen atoms in total. The molecule has 0 amide bonds. The van der Waals surface area contributed by atoms with Crippen LogP contribution in [0.2, 0.25) is 0 Å². The Morgan fingerprint density at radius 3 is 2.87 bits per heavy atom. The Morgan fingerprint density at radius 1 is 1.47 bits per heavy atom. The quantitative estimate of drug-likeness (QED) is 0.669. The molecule has 0 aromatic carbocycles. The van der Waals surface area contributed by atoms with Crippen LogP contribution in [0.3, 0.4) is 0 Å². The summed E-state index contributed by atoms with van der Waals surface area (Å²) in [5.41, 5.74) is -0.882. The highest BCUT2D eigenvalue weighted by atomic mass is 16.7. The molecular formula is C10H18O5. The molecule has 2 saturated heterocycles. The largest absolute Gasteiger partial charge is 0.390 e. The van der Waals surface area contributed by atoms with E-state index in [0.29, 0.717) is 6.61 Å². The number of hydrogen-bond donors (Lipinski definition) is 2. The summed E-state index contributed by atoms with van der Waals surface area (Å²) < 4.78 is 16.3. The minimum Gasteiger partial charge on any atom is -0.390 e. The Kier molecular flexibility index (Phi) is 3.00. The molecule has 2 N–H and O–H groups in total. The highest BCUT2D eigenvalue weighted by molar-refractivity contribution is 5.02. The molecule has 5 heteroatoms. The lowest BCUT2D eigenvalue weighted by Gasteiger charge is -2.41. The standard InChI is InChI=1S/C10H18O5/c1-3-13-4-10-5-14-9(15-10)6(2)7(11)8(10)12/h6-9,11-12H,3-5H2,1-2H3/t6-,7-,8-,9+,10+/m1/s1. The van der Waals surface area contributed by atoms with Crippen LogP contribution in [0.4, 0.5) is 0 Å². The molecule has 0 aliphatic carbocycles. The summed E-state index contributed by atoms with van der Waals surface area (Å²) in [6.45, 7) is 4.76. The van der Waals surface area contributed by atoms with Gasteiger partial charge in [0, 0.05) is 12.5 Å². The molecule has 2 aliphatic heterocycles. The molecule has 0 aromatic heterocycles. The van der Waals surface area contributed by atoms with Crippen LogP contribution in [0.1, 0.15) is 13.8 Å². The van der Waals surface area contributed by atoms with Crippen molar-refractivity contribution in [3.05, 3.63) is 0 Å². The zero-order valence-electron chi connectivity index (χ0n) is 9.05. The van der Waals surface area contributed by atoms with Gasteiger partial charge in [-0.15, -0.1) is 0 Å². The second-order valence-corrected chi connectivity index (χ2v) is 4.29. The second-order valence-electron chi connectivity index (χ2n) is 4.29. The van der Waals surface area contributed by atoms with E-state index in [1.165, 1.54) is 0 Å². The number of rotatable bonds is 3. The van der Waals surface area contributed by atoms with Crippen LogP contribution >= 0.6 is 0 Å². The van der Waals surface area contributed by atoms with Crippen molar-refractivity contribution in [2.24, 2.45) is 5.92 Å². The zero-order chi connectivity index (χ0) is 11.1. The third-order valence-corrected chi connectivity index (χ3v) is 3.22. The zero-order valence-corrected chi connectivity index (χ0v) is 9.05. The van der Waals surface area contributed by atoms with Gasteiger partial charge in [-0.25, -0.2) is 0 Å². The molecule has 2 rings (SSSR count). The lowest BCUT2D eigenvalue weighted by Crippen LogP contribution is -2.60. The predicted octanol–water partition coefficient (Wildman–Crippen LogP) is -0.494. The van der Waals surface area contributed by atoms with E-state index in [9.17, 15) is 10.2 Å². The van der Waals surface area contributed by atoms with Crippen LogP contribution in [-0.4, -0.2) is 54.1 Å². The van der Waals surface area contributed by atoms with E-state index in [4.69, 9.17) is 14.2 Å². The fraction of sp³-hybridized carbons (Fsp3) is 1.00.